The molecule has 0 aliphatic rings. The van der Waals surface area contributed by atoms with Crippen molar-refractivity contribution < 1.29 is 33.8 Å². The zero-order valence-electron chi connectivity index (χ0n) is 18.6. The molecule has 9 heteroatoms. The number of nitrogens with zero attached hydrogens (tertiary/aromatic N) is 1. The molecule has 0 saturated carbocycles. The van der Waals surface area contributed by atoms with Crippen molar-refractivity contribution in [2.24, 2.45) is 5.73 Å². The largest absolute Gasteiger partial charge is 0.479 e. The maximum Gasteiger partial charge on any atom is 0.421 e. The quantitative estimate of drug-likeness (QED) is 0.420. The lowest BCUT2D eigenvalue weighted by atomic mass is 9.85. The van der Waals surface area contributed by atoms with Gasteiger partial charge in [0.15, 0.2) is 5.78 Å². The van der Waals surface area contributed by atoms with Crippen molar-refractivity contribution in [3.8, 4) is 0 Å². The summed E-state index contributed by atoms with van der Waals surface area (Å²) in [7, 11) is 0. The molecule has 0 spiro atoms. The number of carbonyl (C=O) groups is 4. The molecule has 0 aromatic heterocycles. The van der Waals surface area contributed by atoms with Crippen molar-refractivity contribution in [2.45, 2.75) is 71.1 Å². The molecule has 31 heavy (non-hydrogen) atoms. The van der Waals surface area contributed by atoms with Crippen molar-refractivity contribution in [1.82, 2.24) is 4.90 Å². The Morgan fingerprint density at radius 3 is 2.13 bits per heavy atom. The summed E-state index contributed by atoms with van der Waals surface area (Å²) in [6.45, 7) is 6.22. The molecule has 1 atom stereocenters. The van der Waals surface area contributed by atoms with Gasteiger partial charge in [-0.2, -0.15) is 4.90 Å². The van der Waals surface area contributed by atoms with Crippen LogP contribution in [0.1, 0.15) is 58.9 Å². The average Bonchev–Trinajstić information content (AvgIpc) is 2.70. The molecule has 0 unspecified atom stereocenters. The number of ketones is 1. The van der Waals surface area contributed by atoms with Gasteiger partial charge in [0.05, 0.1) is 0 Å². The Morgan fingerprint density at radius 1 is 1.03 bits per heavy atom. The normalized spacial score (nSPS) is 13.1. The SMILES string of the molecule is CCC(=O)[C@](CCCCN)(C(=O)O)N(C(=O)OCc1ccccc1)C(=O)OC(C)(C)C. The highest BCUT2D eigenvalue weighted by Gasteiger charge is 2.56. The number of aliphatic carboxylic acids is 1. The van der Waals surface area contributed by atoms with Crippen LogP contribution in [0.15, 0.2) is 30.3 Å². The molecule has 0 aliphatic carbocycles. The zero-order valence-corrected chi connectivity index (χ0v) is 18.6. The van der Waals surface area contributed by atoms with E-state index in [4.69, 9.17) is 15.2 Å². The van der Waals surface area contributed by atoms with E-state index in [9.17, 15) is 24.3 Å². The first kappa shape index (κ1) is 26.1. The van der Waals surface area contributed by atoms with Crippen LogP contribution in [0.3, 0.4) is 0 Å². The lowest BCUT2D eigenvalue weighted by molar-refractivity contribution is -0.157. The van der Waals surface area contributed by atoms with Crippen molar-refractivity contribution >= 4 is 23.9 Å². The summed E-state index contributed by atoms with van der Waals surface area (Å²) in [5, 5.41) is 10.1. The highest BCUT2D eigenvalue weighted by Crippen LogP contribution is 2.29. The number of benzene rings is 1. The topological polar surface area (TPSA) is 136 Å². The molecule has 2 amide bonds. The average molecular weight is 437 g/mol. The zero-order chi connectivity index (χ0) is 23.7. The summed E-state index contributed by atoms with van der Waals surface area (Å²) < 4.78 is 10.5. The maximum atomic E-state index is 13.0. The molecule has 172 valence electrons. The number of Topliss-reactive ketones (excluding diaryl/α,β-unsaturated/α-hetero) is 1. The van der Waals surface area contributed by atoms with Gasteiger partial charge in [0.25, 0.3) is 0 Å². The Labute approximate surface area is 182 Å². The number of rotatable bonds is 10. The van der Waals surface area contributed by atoms with Crippen LogP contribution in [0.2, 0.25) is 0 Å². The van der Waals surface area contributed by atoms with E-state index in [-0.39, 0.29) is 32.4 Å². The fourth-order valence-electron chi connectivity index (χ4n) is 2.99. The third-order valence-electron chi connectivity index (χ3n) is 4.47. The first-order valence-electron chi connectivity index (χ1n) is 10.2. The molecule has 0 radical (unpaired) electrons. The van der Waals surface area contributed by atoms with Crippen LogP contribution in [0, 0.1) is 0 Å². The Kier molecular flexibility index (Phi) is 9.64. The van der Waals surface area contributed by atoms with E-state index >= 15 is 0 Å². The Hall–Kier alpha value is -2.94. The summed E-state index contributed by atoms with van der Waals surface area (Å²) in [6.07, 6.45) is -2.42. The van der Waals surface area contributed by atoms with E-state index in [0.717, 1.165) is 0 Å². The van der Waals surface area contributed by atoms with E-state index in [2.05, 4.69) is 0 Å². The minimum absolute atomic E-state index is 0.208. The highest BCUT2D eigenvalue weighted by molar-refractivity contribution is 6.13. The van der Waals surface area contributed by atoms with Crippen LogP contribution in [-0.2, 0) is 25.7 Å². The number of nitrogens with two attached hydrogens (primary N) is 1. The standard InChI is InChI=1S/C22H32N2O7/c1-5-17(25)22(18(26)27,13-9-10-14-23)24(20(29)31-21(2,3)4)19(28)30-15-16-11-7-6-8-12-16/h6-8,11-12H,5,9-10,13-15,23H2,1-4H3,(H,26,27)/t22-/m1/s1. The molecule has 0 saturated heterocycles. The first-order chi connectivity index (χ1) is 14.5. The molecule has 3 N–H and O–H groups in total. The van der Waals surface area contributed by atoms with Gasteiger partial charge in [0.2, 0.25) is 5.54 Å². The van der Waals surface area contributed by atoms with E-state index in [1.807, 2.05) is 0 Å². The number of carboxylic acids is 1. The van der Waals surface area contributed by atoms with Gasteiger partial charge in [-0.1, -0.05) is 37.3 Å². The number of hydrogen-bond donors (Lipinski definition) is 2. The van der Waals surface area contributed by atoms with Crippen LogP contribution in [0.5, 0.6) is 0 Å². The lowest BCUT2D eigenvalue weighted by Crippen LogP contribution is -2.64. The molecular weight excluding hydrogens is 404 g/mol. The van der Waals surface area contributed by atoms with Gasteiger partial charge in [-0.15, -0.1) is 0 Å². The lowest BCUT2D eigenvalue weighted by Gasteiger charge is -2.37. The summed E-state index contributed by atoms with van der Waals surface area (Å²) in [5.41, 5.74) is 2.64. The minimum atomic E-state index is -2.46. The number of hydrogen-bond acceptors (Lipinski definition) is 7. The maximum absolute atomic E-state index is 13.0. The van der Waals surface area contributed by atoms with E-state index < -0.39 is 35.1 Å². The van der Waals surface area contributed by atoms with Gasteiger partial charge >= 0.3 is 18.2 Å². The monoisotopic (exact) mass is 436 g/mol. The number of imide groups is 1. The minimum Gasteiger partial charge on any atom is -0.479 e. The van der Waals surface area contributed by atoms with E-state index in [1.54, 1.807) is 51.1 Å². The van der Waals surface area contributed by atoms with Gasteiger partial charge < -0.3 is 20.3 Å². The smallest absolute Gasteiger partial charge is 0.421 e. The fourth-order valence-corrected chi connectivity index (χ4v) is 2.99. The van der Waals surface area contributed by atoms with Gasteiger partial charge in [-0.05, 0) is 52.1 Å². The van der Waals surface area contributed by atoms with Crippen molar-refractivity contribution in [1.29, 1.82) is 0 Å². The first-order valence-corrected chi connectivity index (χ1v) is 10.2. The number of carbonyl (C=O) groups excluding carboxylic acids is 3. The highest BCUT2D eigenvalue weighted by atomic mass is 16.6. The van der Waals surface area contributed by atoms with Crippen molar-refractivity contribution in [3.05, 3.63) is 35.9 Å². The summed E-state index contributed by atoms with van der Waals surface area (Å²) in [4.78, 5) is 51.6. The predicted octanol–water partition coefficient (Wildman–Crippen LogP) is 3.49. The predicted molar refractivity (Wildman–Crippen MR) is 113 cm³/mol. The number of carboxylic acid groups (broad SMARTS) is 1. The Morgan fingerprint density at radius 2 is 1.65 bits per heavy atom. The summed E-state index contributed by atoms with van der Waals surface area (Å²) in [5.74, 6) is -2.43. The Balaban J connectivity index is 3.42. The third kappa shape index (κ3) is 7.06. The van der Waals surface area contributed by atoms with Crippen LogP contribution in [0.25, 0.3) is 0 Å². The second-order valence-electron chi connectivity index (χ2n) is 8.04. The van der Waals surface area contributed by atoms with Gasteiger partial charge in [-0.25, -0.2) is 14.4 Å². The molecule has 1 aromatic rings. The second kappa shape index (κ2) is 11.5. The van der Waals surface area contributed by atoms with Gasteiger partial charge in [-0.3, -0.25) is 4.79 Å². The fraction of sp³-hybridized carbons (Fsp3) is 0.545. The summed E-state index contributed by atoms with van der Waals surface area (Å²) >= 11 is 0. The molecule has 1 aromatic carbocycles. The molecular formula is C22H32N2O7. The number of ether oxygens (including phenoxy) is 2. The van der Waals surface area contributed by atoms with Crippen LogP contribution in [-0.4, -0.2) is 51.6 Å². The van der Waals surface area contributed by atoms with Gasteiger partial charge in [0, 0.05) is 6.42 Å². The molecule has 0 aliphatic heterocycles. The van der Waals surface area contributed by atoms with E-state index in [0.29, 0.717) is 16.9 Å². The summed E-state index contributed by atoms with van der Waals surface area (Å²) in [6, 6.07) is 8.67. The van der Waals surface area contributed by atoms with Crippen LogP contribution in [0.4, 0.5) is 9.59 Å². The van der Waals surface area contributed by atoms with E-state index in [1.165, 1.54) is 6.92 Å². The van der Waals surface area contributed by atoms with Crippen LogP contribution >= 0.6 is 0 Å². The van der Waals surface area contributed by atoms with Gasteiger partial charge in [0.1, 0.15) is 12.2 Å². The molecule has 9 nitrogen and oxygen atoms in total. The molecule has 0 fully saturated rings. The van der Waals surface area contributed by atoms with Crippen molar-refractivity contribution in [2.75, 3.05) is 6.54 Å². The number of unbranched alkanes of at least 4 members (excludes halogenated alkanes) is 1. The van der Waals surface area contributed by atoms with Crippen LogP contribution < -0.4 is 5.73 Å². The second-order valence-corrected chi connectivity index (χ2v) is 8.04. The number of amides is 2. The molecule has 0 bridgehead atoms. The van der Waals surface area contributed by atoms with Crippen molar-refractivity contribution in [3.63, 3.8) is 0 Å². The Bertz CT molecular complexity index is 774. The third-order valence-corrected chi connectivity index (χ3v) is 4.47. The molecule has 0 heterocycles. The molecule has 1 rings (SSSR count).